The number of carboxylic acids is 2. The predicted molar refractivity (Wildman–Crippen MR) is 82.6 cm³/mol. The zero-order valence-corrected chi connectivity index (χ0v) is 13.8. The minimum atomic E-state index is -5.08. The van der Waals surface area contributed by atoms with Crippen molar-refractivity contribution in [1.29, 1.82) is 0 Å². The van der Waals surface area contributed by atoms with E-state index in [1.807, 2.05) is 18.3 Å². The van der Waals surface area contributed by atoms with Crippen LogP contribution in [0.4, 0.5) is 13.2 Å². The molecule has 2 heterocycles. The highest BCUT2D eigenvalue weighted by molar-refractivity contribution is 5.73. The van der Waals surface area contributed by atoms with Gasteiger partial charge in [-0.1, -0.05) is 0 Å². The Labute approximate surface area is 142 Å². The lowest BCUT2D eigenvalue weighted by Crippen LogP contribution is -2.27. The van der Waals surface area contributed by atoms with Crippen molar-refractivity contribution in [2.24, 2.45) is 0 Å². The average molecular weight is 366 g/mol. The highest BCUT2D eigenvalue weighted by Gasteiger charge is 2.38. The molecule has 1 aromatic rings. The van der Waals surface area contributed by atoms with Gasteiger partial charge in [-0.15, -0.1) is 0 Å². The number of rotatable bonds is 2. The summed E-state index contributed by atoms with van der Waals surface area (Å²) in [6.07, 6.45) is -0.916. The molecule has 1 aliphatic rings. The van der Waals surface area contributed by atoms with E-state index in [0.717, 1.165) is 44.3 Å². The summed E-state index contributed by atoms with van der Waals surface area (Å²) in [5, 5.41) is 17.9. The molecular weight excluding hydrogens is 345 g/mol. The van der Waals surface area contributed by atoms with E-state index < -0.39 is 18.1 Å². The van der Waals surface area contributed by atoms with Crippen molar-refractivity contribution in [3.05, 3.63) is 24.0 Å². The smallest absolute Gasteiger partial charge is 0.490 e. The summed E-state index contributed by atoms with van der Waals surface area (Å²) in [7, 11) is 1.71. The molecule has 0 atom stereocenters. The van der Waals surface area contributed by atoms with Crippen LogP contribution in [0.2, 0.25) is 0 Å². The Balaban J connectivity index is 0.000000442. The van der Waals surface area contributed by atoms with Crippen molar-refractivity contribution in [3.8, 4) is 5.75 Å². The molecule has 25 heavy (non-hydrogen) atoms. The lowest BCUT2D eigenvalue weighted by atomic mass is 9.93. The molecule has 1 fully saturated rings. The van der Waals surface area contributed by atoms with Gasteiger partial charge in [-0.05, 0) is 38.1 Å². The molecule has 2 rings (SSSR count). The van der Waals surface area contributed by atoms with Crippen LogP contribution in [0.1, 0.15) is 31.4 Å². The number of carbonyl (C=O) groups is 2. The summed E-state index contributed by atoms with van der Waals surface area (Å²) < 4.78 is 37.1. The quantitative estimate of drug-likeness (QED) is 0.737. The summed E-state index contributed by atoms with van der Waals surface area (Å²) in [5.41, 5.74) is 1.12. The van der Waals surface area contributed by atoms with E-state index >= 15 is 0 Å². The van der Waals surface area contributed by atoms with E-state index in [2.05, 4.69) is 10.3 Å². The number of piperidine rings is 1. The second-order valence-corrected chi connectivity index (χ2v) is 4.94. The van der Waals surface area contributed by atoms with Gasteiger partial charge in [0.05, 0.1) is 12.8 Å². The van der Waals surface area contributed by atoms with E-state index in [0.29, 0.717) is 5.92 Å². The molecule has 7 nitrogen and oxygen atoms in total. The molecule has 142 valence electrons. The first-order valence-electron chi connectivity index (χ1n) is 7.28. The number of methoxy groups -OCH3 is 1. The monoisotopic (exact) mass is 366 g/mol. The first-order valence-corrected chi connectivity index (χ1v) is 7.28. The normalized spacial score (nSPS) is 14.3. The van der Waals surface area contributed by atoms with Gasteiger partial charge in [-0.2, -0.15) is 13.2 Å². The van der Waals surface area contributed by atoms with Gasteiger partial charge in [-0.3, -0.25) is 9.78 Å². The molecule has 10 heteroatoms. The van der Waals surface area contributed by atoms with Crippen molar-refractivity contribution < 1.29 is 37.7 Å². The summed E-state index contributed by atoms with van der Waals surface area (Å²) in [4.78, 5) is 22.3. The lowest BCUT2D eigenvalue weighted by molar-refractivity contribution is -0.192. The average Bonchev–Trinajstić information content (AvgIpc) is 2.55. The summed E-state index contributed by atoms with van der Waals surface area (Å²) in [6.45, 7) is 3.26. The van der Waals surface area contributed by atoms with Crippen LogP contribution in [0.25, 0.3) is 0 Å². The molecule has 0 bridgehead atoms. The zero-order valence-electron chi connectivity index (χ0n) is 13.8. The van der Waals surface area contributed by atoms with Gasteiger partial charge in [0.2, 0.25) is 0 Å². The third-order valence-corrected chi connectivity index (χ3v) is 2.99. The largest absolute Gasteiger partial charge is 0.495 e. The van der Waals surface area contributed by atoms with Gasteiger partial charge in [0.15, 0.2) is 0 Å². The molecule has 0 unspecified atom stereocenters. The fraction of sp³-hybridized carbons (Fsp3) is 0.533. The maximum absolute atomic E-state index is 10.6. The molecule has 0 aromatic carbocycles. The van der Waals surface area contributed by atoms with Crippen LogP contribution in [0, 0.1) is 0 Å². The number of carboxylic acid groups (broad SMARTS) is 2. The highest BCUT2D eigenvalue weighted by Crippen LogP contribution is 2.30. The third-order valence-electron chi connectivity index (χ3n) is 2.99. The topological polar surface area (TPSA) is 109 Å². The Morgan fingerprint density at radius 2 is 1.76 bits per heavy atom. The number of nitrogens with one attached hydrogen (secondary N) is 1. The van der Waals surface area contributed by atoms with Crippen LogP contribution in [0.15, 0.2) is 18.3 Å². The van der Waals surface area contributed by atoms with Crippen molar-refractivity contribution >= 4 is 11.9 Å². The Hall–Kier alpha value is -2.36. The van der Waals surface area contributed by atoms with Gasteiger partial charge < -0.3 is 20.3 Å². The van der Waals surface area contributed by atoms with E-state index in [1.54, 1.807) is 7.11 Å². The fourth-order valence-electron chi connectivity index (χ4n) is 1.98. The van der Waals surface area contributed by atoms with Crippen LogP contribution < -0.4 is 10.1 Å². The first-order chi connectivity index (χ1) is 11.6. The van der Waals surface area contributed by atoms with Crippen LogP contribution in [0.3, 0.4) is 0 Å². The van der Waals surface area contributed by atoms with Gasteiger partial charge >= 0.3 is 12.1 Å². The number of halogens is 3. The van der Waals surface area contributed by atoms with E-state index in [-0.39, 0.29) is 0 Å². The fourth-order valence-corrected chi connectivity index (χ4v) is 1.98. The van der Waals surface area contributed by atoms with Crippen molar-refractivity contribution in [2.45, 2.75) is 31.9 Å². The first kappa shape index (κ1) is 22.6. The second kappa shape index (κ2) is 11.2. The number of aliphatic carboxylic acids is 2. The minimum absolute atomic E-state index is 0.562. The Morgan fingerprint density at radius 3 is 2.16 bits per heavy atom. The molecule has 0 radical (unpaired) electrons. The van der Waals surface area contributed by atoms with Crippen LogP contribution in [-0.4, -0.2) is 53.5 Å². The molecule has 1 saturated heterocycles. The van der Waals surface area contributed by atoms with E-state index in [4.69, 9.17) is 24.5 Å². The molecule has 1 aliphatic heterocycles. The van der Waals surface area contributed by atoms with Gasteiger partial charge in [-0.25, -0.2) is 4.79 Å². The molecule has 1 aromatic heterocycles. The number of aromatic nitrogens is 1. The Bertz CT molecular complexity index is 542. The van der Waals surface area contributed by atoms with E-state index in [1.165, 1.54) is 0 Å². The van der Waals surface area contributed by atoms with Crippen LogP contribution in [-0.2, 0) is 9.59 Å². The molecule has 3 N–H and O–H groups in total. The standard InChI is InChI=1S/C11H16N2O.C2HF3O2.C2H4O2/c1-14-10-3-2-6-13-11(10)9-4-7-12-8-5-9;3-2(4,5)1(6)7;1-2(3)4/h2-3,6,9,12H,4-5,7-8H2,1H3;(H,6,7);1H3,(H,3,4). The van der Waals surface area contributed by atoms with Gasteiger partial charge in [0.1, 0.15) is 5.75 Å². The SMILES string of the molecule is CC(=O)O.COc1cccnc1C1CCNCC1.O=C(O)C(F)(F)F. The number of alkyl halides is 3. The zero-order chi connectivity index (χ0) is 19.5. The second-order valence-electron chi connectivity index (χ2n) is 4.94. The number of nitrogens with zero attached hydrogens (tertiary/aromatic N) is 1. The number of hydrogen-bond donors (Lipinski definition) is 3. The van der Waals surface area contributed by atoms with E-state index in [9.17, 15) is 13.2 Å². The summed E-state index contributed by atoms with van der Waals surface area (Å²) >= 11 is 0. The Morgan fingerprint density at radius 1 is 1.28 bits per heavy atom. The predicted octanol–water partition coefficient (Wildman–Crippen LogP) is 2.28. The number of ether oxygens (including phenoxy) is 1. The molecule has 0 spiro atoms. The summed E-state index contributed by atoms with van der Waals surface area (Å²) in [6, 6.07) is 3.91. The molecule has 0 aliphatic carbocycles. The minimum Gasteiger partial charge on any atom is -0.495 e. The summed E-state index contributed by atoms with van der Waals surface area (Å²) in [5.74, 6) is -2.10. The lowest BCUT2D eigenvalue weighted by Gasteiger charge is -2.23. The number of pyridine rings is 1. The van der Waals surface area contributed by atoms with Gasteiger partial charge in [0, 0.05) is 19.0 Å². The maximum atomic E-state index is 10.6. The highest BCUT2D eigenvalue weighted by atomic mass is 19.4. The maximum Gasteiger partial charge on any atom is 0.490 e. The van der Waals surface area contributed by atoms with Crippen LogP contribution in [0.5, 0.6) is 5.75 Å². The van der Waals surface area contributed by atoms with Gasteiger partial charge in [0.25, 0.3) is 5.97 Å². The van der Waals surface area contributed by atoms with Crippen molar-refractivity contribution in [2.75, 3.05) is 20.2 Å². The molecule has 0 saturated carbocycles. The molecular formula is C15H21F3N2O5. The third kappa shape index (κ3) is 10.2. The Kier molecular flexibility index (Phi) is 10.2. The van der Waals surface area contributed by atoms with Crippen LogP contribution >= 0.6 is 0 Å². The van der Waals surface area contributed by atoms with Crippen molar-refractivity contribution in [3.63, 3.8) is 0 Å². The number of hydrogen-bond acceptors (Lipinski definition) is 5. The van der Waals surface area contributed by atoms with Crippen molar-refractivity contribution in [1.82, 2.24) is 10.3 Å². The molecule has 0 amide bonds.